The first-order valence-corrected chi connectivity index (χ1v) is 8.39. The number of hydrogen-bond donors (Lipinski definition) is 2. The van der Waals surface area contributed by atoms with Gasteiger partial charge in [-0.1, -0.05) is 13.8 Å². The maximum Gasteiger partial charge on any atom is 0.230 e. The largest absolute Gasteiger partial charge is 0.496 e. The number of aliphatic hydroxyl groups is 1. The summed E-state index contributed by atoms with van der Waals surface area (Å²) >= 11 is 0. The second kappa shape index (κ2) is 7.40. The maximum absolute atomic E-state index is 13.1. The van der Waals surface area contributed by atoms with Crippen LogP contribution in [-0.2, 0) is 11.3 Å². The van der Waals surface area contributed by atoms with Crippen LogP contribution >= 0.6 is 0 Å². The summed E-state index contributed by atoms with van der Waals surface area (Å²) in [5.74, 6) is 1.25. The second-order valence-electron chi connectivity index (χ2n) is 6.26. The first-order valence-electron chi connectivity index (χ1n) is 8.39. The van der Waals surface area contributed by atoms with Crippen LogP contribution in [0.25, 0.3) is 0 Å². The molecule has 1 aliphatic rings. The monoisotopic (exact) mass is 336 g/mol. The number of aliphatic hydroxyl groups excluding tert-OH is 1. The Morgan fingerprint density at radius 1 is 1.29 bits per heavy atom. The quantitative estimate of drug-likeness (QED) is 0.828. The van der Waals surface area contributed by atoms with Gasteiger partial charge in [0.15, 0.2) is 0 Å². The molecule has 0 aliphatic carbocycles. The van der Waals surface area contributed by atoms with E-state index in [0.717, 1.165) is 5.56 Å². The number of carbonyl (C=O) groups excluding carboxylic acids is 1. The van der Waals surface area contributed by atoms with E-state index in [4.69, 9.17) is 15.2 Å². The SMILES string of the molecule is CCC(CC)(CN)C(=O)N1Cc2c(OC)ccc(OC)c2C(O)C1. The standard InChI is InChI=1S/C18H28N2O4/c1-5-18(6-2,11-19)17(22)20-9-12-14(23-3)7-8-15(24-4)16(12)13(21)10-20/h7-8,13,21H,5-6,9-11,19H2,1-4H3. The Kier molecular flexibility index (Phi) is 5.72. The normalized spacial score (nSPS) is 17.4. The van der Waals surface area contributed by atoms with Gasteiger partial charge in [0, 0.05) is 24.2 Å². The number of carbonyl (C=O) groups is 1. The molecule has 0 aromatic heterocycles. The van der Waals surface area contributed by atoms with Gasteiger partial charge in [0.1, 0.15) is 17.6 Å². The molecule has 1 amide bonds. The lowest BCUT2D eigenvalue weighted by Gasteiger charge is -2.39. The molecule has 24 heavy (non-hydrogen) atoms. The summed E-state index contributed by atoms with van der Waals surface area (Å²) in [4.78, 5) is 14.8. The van der Waals surface area contributed by atoms with E-state index in [0.29, 0.717) is 43.0 Å². The predicted molar refractivity (Wildman–Crippen MR) is 92.0 cm³/mol. The first kappa shape index (κ1) is 18.5. The van der Waals surface area contributed by atoms with Gasteiger partial charge in [-0.05, 0) is 25.0 Å². The number of amides is 1. The van der Waals surface area contributed by atoms with Crippen molar-refractivity contribution in [1.82, 2.24) is 4.90 Å². The van der Waals surface area contributed by atoms with Crippen LogP contribution in [0.15, 0.2) is 12.1 Å². The third-order valence-corrected chi connectivity index (χ3v) is 5.27. The molecule has 6 heteroatoms. The smallest absolute Gasteiger partial charge is 0.230 e. The third-order valence-electron chi connectivity index (χ3n) is 5.27. The fourth-order valence-electron chi connectivity index (χ4n) is 3.49. The second-order valence-corrected chi connectivity index (χ2v) is 6.26. The van der Waals surface area contributed by atoms with Crippen molar-refractivity contribution in [3.05, 3.63) is 23.3 Å². The lowest BCUT2D eigenvalue weighted by atomic mass is 9.80. The molecule has 0 saturated carbocycles. The fraction of sp³-hybridized carbons (Fsp3) is 0.611. The number of benzene rings is 1. The summed E-state index contributed by atoms with van der Waals surface area (Å²) in [7, 11) is 3.15. The highest BCUT2D eigenvalue weighted by atomic mass is 16.5. The van der Waals surface area contributed by atoms with Crippen LogP contribution in [0.3, 0.4) is 0 Å². The van der Waals surface area contributed by atoms with Crippen LogP contribution in [0.1, 0.15) is 43.9 Å². The zero-order valence-corrected chi connectivity index (χ0v) is 15.0. The molecule has 1 unspecified atom stereocenters. The number of ether oxygens (including phenoxy) is 2. The van der Waals surface area contributed by atoms with Crippen molar-refractivity contribution < 1.29 is 19.4 Å². The van der Waals surface area contributed by atoms with Gasteiger partial charge >= 0.3 is 0 Å². The minimum Gasteiger partial charge on any atom is -0.496 e. The summed E-state index contributed by atoms with van der Waals surface area (Å²) in [6.07, 6.45) is 0.535. The molecule has 134 valence electrons. The summed E-state index contributed by atoms with van der Waals surface area (Å²) < 4.78 is 10.8. The molecule has 0 bridgehead atoms. The minimum absolute atomic E-state index is 0.00965. The van der Waals surface area contributed by atoms with Gasteiger partial charge in [-0.15, -0.1) is 0 Å². The van der Waals surface area contributed by atoms with Gasteiger partial charge in [0.05, 0.1) is 26.2 Å². The molecule has 6 nitrogen and oxygen atoms in total. The Bertz CT molecular complexity index is 591. The van der Waals surface area contributed by atoms with Crippen molar-refractivity contribution >= 4 is 5.91 Å². The van der Waals surface area contributed by atoms with Gasteiger partial charge in [0.2, 0.25) is 5.91 Å². The lowest BCUT2D eigenvalue weighted by Crippen LogP contribution is -2.50. The van der Waals surface area contributed by atoms with E-state index in [-0.39, 0.29) is 12.5 Å². The number of rotatable bonds is 6. The molecule has 1 atom stereocenters. The molecule has 3 N–H and O–H groups in total. The topological polar surface area (TPSA) is 85.0 Å². The van der Waals surface area contributed by atoms with Gasteiger partial charge in [-0.25, -0.2) is 0 Å². The maximum atomic E-state index is 13.1. The summed E-state index contributed by atoms with van der Waals surface area (Å²) in [6.45, 7) is 4.87. The third kappa shape index (κ3) is 2.96. The predicted octanol–water partition coefficient (Wildman–Crippen LogP) is 1.84. The summed E-state index contributed by atoms with van der Waals surface area (Å²) in [5, 5.41) is 10.6. The molecule has 0 radical (unpaired) electrons. The molecule has 1 aromatic carbocycles. The molecule has 2 rings (SSSR count). The Balaban J connectivity index is 2.43. The van der Waals surface area contributed by atoms with Crippen LogP contribution in [-0.4, -0.2) is 43.2 Å². The average molecular weight is 336 g/mol. The van der Waals surface area contributed by atoms with Crippen molar-refractivity contribution in [2.75, 3.05) is 27.3 Å². The number of β-amino-alcohol motifs (C(OH)–C–C–N with tert-alkyl or cyclic N) is 1. The van der Waals surface area contributed by atoms with Crippen molar-refractivity contribution in [2.24, 2.45) is 11.1 Å². The van der Waals surface area contributed by atoms with Crippen LogP contribution in [0.2, 0.25) is 0 Å². The number of hydrogen-bond acceptors (Lipinski definition) is 5. The van der Waals surface area contributed by atoms with Crippen LogP contribution in [0.5, 0.6) is 11.5 Å². The van der Waals surface area contributed by atoms with E-state index < -0.39 is 11.5 Å². The van der Waals surface area contributed by atoms with Crippen molar-refractivity contribution in [3.63, 3.8) is 0 Å². The van der Waals surface area contributed by atoms with Gasteiger partial charge in [-0.3, -0.25) is 4.79 Å². The van der Waals surface area contributed by atoms with Gasteiger partial charge < -0.3 is 25.2 Å². The van der Waals surface area contributed by atoms with E-state index in [1.807, 2.05) is 13.8 Å². The number of fused-ring (bicyclic) bond motifs is 1. The Labute approximate surface area is 143 Å². The van der Waals surface area contributed by atoms with E-state index in [1.165, 1.54) is 0 Å². The highest BCUT2D eigenvalue weighted by Crippen LogP contribution is 2.41. The molecule has 1 aromatic rings. The van der Waals surface area contributed by atoms with Crippen molar-refractivity contribution in [2.45, 2.75) is 39.3 Å². The minimum atomic E-state index is -0.813. The fourth-order valence-corrected chi connectivity index (χ4v) is 3.49. The van der Waals surface area contributed by atoms with Crippen LogP contribution in [0, 0.1) is 5.41 Å². The molecule has 0 fully saturated rings. The zero-order valence-electron chi connectivity index (χ0n) is 15.0. The van der Waals surface area contributed by atoms with E-state index in [2.05, 4.69) is 0 Å². The summed E-state index contributed by atoms with van der Waals surface area (Å²) in [6, 6.07) is 3.58. The van der Waals surface area contributed by atoms with Gasteiger partial charge in [-0.2, -0.15) is 0 Å². The highest BCUT2D eigenvalue weighted by Gasteiger charge is 2.40. The Hall–Kier alpha value is -1.79. The van der Waals surface area contributed by atoms with Crippen molar-refractivity contribution in [3.8, 4) is 11.5 Å². The molecule has 1 aliphatic heterocycles. The number of nitrogens with zero attached hydrogens (tertiary/aromatic N) is 1. The number of methoxy groups -OCH3 is 2. The zero-order chi connectivity index (χ0) is 17.9. The molecular weight excluding hydrogens is 308 g/mol. The molecule has 0 saturated heterocycles. The first-order chi connectivity index (χ1) is 11.5. The molecule has 1 heterocycles. The van der Waals surface area contributed by atoms with E-state index >= 15 is 0 Å². The van der Waals surface area contributed by atoms with Crippen molar-refractivity contribution in [1.29, 1.82) is 0 Å². The van der Waals surface area contributed by atoms with Crippen LogP contribution in [0.4, 0.5) is 0 Å². The lowest BCUT2D eigenvalue weighted by molar-refractivity contribution is -0.145. The van der Waals surface area contributed by atoms with E-state index in [9.17, 15) is 9.90 Å². The Morgan fingerprint density at radius 3 is 2.38 bits per heavy atom. The highest BCUT2D eigenvalue weighted by molar-refractivity contribution is 5.83. The summed E-state index contributed by atoms with van der Waals surface area (Å²) in [5.41, 5.74) is 6.83. The molecular formula is C18H28N2O4. The average Bonchev–Trinajstić information content (AvgIpc) is 2.62. The van der Waals surface area contributed by atoms with E-state index in [1.54, 1.807) is 31.3 Å². The van der Waals surface area contributed by atoms with Crippen LogP contribution < -0.4 is 15.2 Å². The Morgan fingerprint density at radius 2 is 1.88 bits per heavy atom. The van der Waals surface area contributed by atoms with Gasteiger partial charge in [0.25, 0.3) is 0 Å². The number of nitrogens with two attached hydrogens (primary N) is 1. The molecule has 0 spiro atoms.